The van der Waals surface area contributed by atoms with Crippen LogP contribution in [0.3, 0.4) is 0 Å². The molecule has 8 heteroatoms. The molecule has 5 nitrogen and oxygen atoms in total. The van der Waals surface area contributed by atoms with Crippen LogP contribution in [0.25, 0.3) is 0 Å². The molecule has 0 saturated heterocycles. The molecule has 0 radical (unpaired) electrons. The molecule has 1 aromatic heterocycles. The second-order valence-corrected chi connectivity index (χ2v) is 4.74. The van der Waals surface area contributed by atoms with E-state index < -0.39 is 17.7 Å². The second-order valence-electron chi connectivity index (χ2n) is 3.94. The van der Waals surface area contributed by atoms with E-state index in [2.05, 4.69) is 10.3 Å². The van der Waals surface area contributed by atoms with E-state index in [4.69, 9.17) is 28.3 Å². The number of rotatable bonds is 3. The first-order valence-electron chi connectivity index (χ1n) is 5.53. The average molecular weight is 329 g/mol. The number of anilines is 1. The van der Waals surface area contributed by atoms with E-state index in [9.17, 15) is 14.0 Å². The van der Waals surface area contributed by atoms with Gasteiger partial charge in [0, 0.05) is 5.02 Å². The van der Waals surface area contributed by atoms with Crippen LogP contribution >= 0.6 is 23.2 Å². The predicted molar refractivity (Wildman–Crippen MR) is 75.6 cm³/mol. The van der Waals surface area contributed by atoms with E-state index in [1.807, 2.05) is 0 Å². The van der Waals surface area contributed by atoms with E-state index >= 15 is 0 Å². The Kier molecular flexibility index (Phi) is 4.40. The van der Waals surface area contributed by atoms with Crippen molar-refractivity contribution in [3.63, 3.8) is 0 Å². The first kappa shape index (κ1) is 15.2. The number of carboxylic acids is 1. The van der Waals surface area contributed by atoms with Gasteiger partial charge in [0.2, 0.25) is 0 Å². The van der Waals surface area contributed by atoms with Gasteiger partial charge in [0.05, 0.1) is 23.0 Å². The lowest BCUT2D eigenvalue weighted by Gasteiger charge is -2.09. The Morgan fingerprint density at radius 3 is 2.57 bits per heavy atom. The molecule has 1 heterocycles. The summed E-state index contributed by atoms with van der Waals surface area (Å²) in [6.07, 6.45) is 0.862. The number of aromatic carboxylic acids is 1. The van der Waals surface area contributed by atoms with Gasteiger partial charge in [-0.3, -0.25) is 4.79 Å². The number of benzene rings is 1. The number of nitrogens with one attached hydrogen (secondary N) is 1. The van der Waals surface area contributed by atoms with Crippen molar-refractivity contribution >= 4 is 40.8 Å². The van der Waals surface area contributed by atoms with Crippen molar-refractivity contribution < 1.29 is 19.1 Å². The minimum absolute atomic E-state index is 0.0275. The Balaban J connectivity index is 2.38. The highest BCUT2D eigenvalue weighted by Gasteiger charge is 2.17. The first-order chi connectivity index (χ1) is 9.88. The molecule has 1 aromatic carbocycles. The van der Waals surface area contributed by atoms with Gasteiger partial charge in [-0.2, -0.15) is 0 Å². The van der Waals surface area contributed by atoms with Crippen LogP contribution in [0.15, 0.2) is 30.5 Å². The van der Waals surface area contributed by atoms with Crippen molar-refractivity contribution in [3.8, 4) is 0 Å². The van der Waals surface area contributed by atoms with Crippen molar-refractivity contribution in [1.82, 2.24) is 4.98 Å². The highest BCUT2D eigenvalue weighted by atomic mass is 35.5. The molecule has 2 aromatic rings. The van der Waals surface area contributed by atoms with E-state index in [0.717, 1.165) is 12.3 Å². The molecule has 0 spiro atoms. The molecule has 0 bridgehead atoms. The van der Waals surface area contributed by atoms with Gasteiger partial charge in [0.25, 0.3) is 5.91 Å². The number of carboxylic acid groups (broad SMARTS) is 1. The fourth-order valence-corrected chi connectivity index (χ4v) is 1.94. The van der Waals surface area contributed by atoms with Crippen LogP contribution in [0.4, 0.5) is 10.1 Å². The van der Waals surface area contributed by atoms with Gasteiger partial charge in [-0.1, -0.05) is 23.2 Å². The lowest BCUT2D eigenvalue weighted by Crippen LogP contribution is -2.16. The summed E-state index contributed by atoms with van der Waals surface area (Å²) in [6, 6.07) is 4.78. The van der Waals surface area contributed by atoms with Crippen molar-refractivity contribution in [2.75, 3.05) is 5.32 Å². The van der Waals surface area contributed by atoms with Crippen LogP contribution in [0, 0.1) is 5.82 Å². The molecule has 0 aliphatic carbocycles. The number of aromatic nitrogens is 1. The third-order valence-electron chi connectivity index (χ3n) is 2.51. The van der Waals surface area contributed by atoms with E-state index in [-0.39, 0.29) is 27.0 Å². The van der Waals surface area contributed by atoms with Crippen molar-refractivity contribution in [3.05, 3.63) is 57.6 Å². The van der Waals surface area contributed by atoms with Crippen molar-refractivity contribution in [2.24, 2.45) is 0 Å². The number of halogens is 3. The van der Waals surface area contributed by atoms with Gasteiger partial charge < -0.3 is 10.4 Å². The maximum atomic E-state index is 13.1. The summed E-state index contributed by atoms with van der Waals surface area (Å²) < 4.78 is 13.1. The molecular weight excluding hydrogens is 322 g/mol. The summed E-state index contributed by atoms with van der Waals surface area (Å²) in [7, 11) is 0. The maximum Gasteiger partial charge on any atom is 0.337 e. The van der Waals surface area contributed by atoms with Crippen LogP contribution in [0.1, 0.15) is 20.7 Å². The fraction of sp³-hybridized carbons (Fsp3) is 0. The minimum Gasteiger partial charge on any atom is -0.478 e. The molecular formula is C13H7Cl2FN2O3. The molecule has 2 rings (SSSR count). The predicted octanol–water partition coefficient (Wildman–Crippen LogP) is 3.48. The maximum absolute atomic E-state index is 13.1. The van der Waals surface area contributed by atoms with Crippen LogP contribution in [-0.2, 0) is 0 Å². The Hall–Kier alpha value is -2.18. The molecule has 0 aliphatic rings. The smallest absolute Gasteiger partial charge is 0.337 e. The van der Waals surface area contributed by atoms with E-state index in [1.165, 1.54) is 18.2 Å². The van der Waals surface area contributed by atoms with E-state index in [0.29, 0.717) is 0 Å². The Labute approximate surface area is 128 Å². The summed E-state index contributed by atoms with van der Waals surface area (Å²) >= 11 is 11.5. The topological polar surface area (TPSA) is 79.3 Å². The first-order valence-corrected chi connectivity index (χ1v) is 6.29. The fourth-order valence-electron chi connectivity index (χ4n) is 1.58. The van der Waals surface area contributed by atoms with Gasteiger partial charge in [-0.05, 0) is 24.3 Å². The SMILES string of the molecule is O=C(O)c1ccc(Cl)cc1NC(=O)c1cc(F)cnc1Cl. The lowest BCUT2D eigenvalue weighted by molar-refractivity contribution is 0.0698. The average Bonchev–Trinajstić information content (AvgIpc) is 2.41. The second kappa shape index (κ2) is 6.07. The van der Waals surface area contributed by atoms with Gasteiger partial charge >= 0.3 is 5.97 Å². The summed E-state index contributed by atoms with van der Waals surface area (Å²) in [5.74, 6) is -2.78. The molecule has 0 fully saturated rings. The molecule has 0 atom stereocenters. The Bertz CT molecular complexity index is 737. The monoisotopic (exact) mass is 328 g/mol. The largest absolute Gasteiger partial charge is 0.478 e. The number of hydrogen-bond acceptors (Lipinski definition) is 3. The summed E-state index contributed by atoms with van der Waals surface area (Å²) in [5.41, 5.74) is -0.401. The summed E-state index contributed by atoms with van der Waals surface area (Å²) in [5, 5.41) is 11.4. The highest BCUT2D eigenvalue weighted by Crippen LogP contribution is 2.23. The third kappa shape index (κ3) is 3.48. The van der Waals surface area contributed by atoms with Crippen molar-refractivity contribution in [1.29, 1.82) is 0 Å². The number of carbonyl (C=O) groups excluding carboxylic acids is 1. The zero-order chi connectivity index (χ0) is 15.6. The number of carbonyl (C=O) groups is 2. The van der Waals surface area contributed by atoms with Crippen LogP contribution in [0.5, 0.6) is 0 Å². The molecule has 21 heavy (non-hydrogen) atoms. The summed E-state index contributed by atoms with van der Waals surface area (Å²) in [4.78, 5) is 26.6. The zero-order valence-corrected chi connectivity index (χ0v) is 11.7. The van der Waals surface area contributed by atoms with E-state index in [1.54, 1.807) is 0 Å². The molecule has 108 valence electrons. The molecule has 2 N–H and O–H groups in total. The molecule has 0 aliphatic heterocycles. The quantitative estimate of drug-likeness (QED) is 0.845. The third-order valence-corrected chi connectivity index (χ3v) is 3.05. The van der Waals surface area contributed by atoms with Crippen LogP contribution in [0.2, 0.25) is 10.2 Å². The molecule has 1 amide bonds. The normalized spacial score (nSPS) is 10.2. The highest BCUT2D eigenvalue weighted by molar-refractivity contribution is 6.33. The van der Waals surface area contributed by atoms with Gasteiger partial charge in [-0.25, -0.2) is 14.2 Å². The molecule has 0 saturated carbocycles. The van der Waals surface area contributed by atoms with Crippen molar-refractivity contribution in [2.45, 2.75) is 0 Å². The minimum atomic E-state index is -1.24. The van der Waals surface area contributed by atoms with Crippen LogP contribution in [-0.4, -0.2) is 22.0 Å². The number of pyridine rings is 1. The standard InChI is InChI=1S/C13H7Cl2FN2O3/c14-6-1-2-8(13(20)21)10(3-6)18-12(19)9-4-7(16)5-17-11(9)15/h1-5H,(H,18,19)(H,20,21). The molecule has 0 unspecified atom stereocenters. The van der Waals surface area contributed by atoms with Gasteiger partial charge in [0.15, 0.2) is 0 Å². The Morgan fingerprint density at radius 2 is 1.90 bits per heavy atom. The van der Waals surface area contributed by atoms with Crippen LogP contribution < -0.4 is 5.32 Å². The Morgan fingerprint density at radius 1 is 1.19 bits per heavy atom. The van der Waals surface area contributed by atoms with Gasteiger partial charge in [-0.15, -0.1) is 0 Å². The number of amides is 1. The van der Waals surface area contributed by atoms with Gasteiger partial charge in [0.1, 0.15) is 11.0 Å². The lowest BCUT2D eigenvalue weighted by atomic mass is 10.1. The number of nitrogens with zero attached hydrogens (tertiary/aromatic N) is 1. The zero-order valence-electron chi connectivity index (χ0n) is 10.2. The summed E-state index contributed by atoms with van der Waals surface area (Å²) in [6.45, 7) is 0. The number of hydrogen-bond donors (Lipinski definition) is 2.